The Morgan fingerprint density at radius 1 is 1.21 bits per heavy atom. The molecule has 0 aliphatic carbocycles. The lowest BCUT2D eigenvalue weighted by Crippen LogP contribution is -2.35. The van der Waals surface area contributed by atoms with E-state index in [1.54, 1.807) is 11.8 Å². The van der Waals surface area contributed by atoms with E-state index in [-0.39, 0.29) is 11.9 Å². The highest BCUT2D eigenvalue weighted by Gasteiger charge is 1.95. The van der Waals surface area contributed by atoms with Gasteiger partial charge in [0.25, 0.3) is 0 Å². The van der Waals surface area contributed by atoms with Crippen molar-refractivity contribution < 1.29 is 9.59 Å². The van der Waals surface area contributed by atoms with Crippen molar-refractivity contribution in [2.75, 3.05) is 19.3 Å². The predicted octanol–water partition coefficient (Wildman–Crippen LogP) is 2.23. The summed E-state index contributed by atoms with van der Waals surface area (Å²) < 4.78 is 0. The van der Waals surface area contributed by atoms with Gasteiger partial charge in [-0.3, -0.25) is 4.79 Å². The van der Waals surface area contributed by atoms with Crippen LogP contribution in [0.2, 0.25) is 0 Å². The largest absolute Gasteiger partial charge is 0.370 e. The predicted molar refractivity (Wildman–Crippen MR) is 83.1 cm³/mol. The molecule has 0 aliphatic rings. The Morgan fingerprint density at radius 2 is 1.84 bits per heavy atom. The third-order valence-corrected chi connectivity index (χ3v) is 2.39. The third kappa shape index (κ3) is 26.4. The maximum atomic E-state index is 11.2. The minimum atomic E-state index is -0.333. The van der Waals surface area contributed by atoms with Gasteiger partial charge in [0.05, 0.1) is 0 Å². The van der Waals surface area contributed by atoms with E-state index in [4.69, 9.17) is 0 Å². The molecule has 0 saturated carbocycles. The Labute approximate surface area is 120 Å². The summed E-state index contributed by atoms with van der Waals surface area (Å²) in [4.78, 5) is 20.4. The van der Waals surface area contributed by atoms with E-state index >= 15 is 0 Å². The van der Waals surface area contributed by atoms with Crippen molar-refractivity contribution >= 4 is 23.7 Å². The molecular weight excluding hydrogens is 262 g/mol. The van der Waals surface area contributed by atoms with Crippen molar-refractivity contribution in [2.24, 2.45) is 5.73 Å². The summed E-state index contributed by atoms with van der Waals surface area (Å²) in [7, 11) is 0. The van der Waals surface area contributed by atoms with E-state index in [9.17, 15) is 9.59 Å². The minimum absolute atomic E-state index is 0.0720. The molecule has 0 aliphatic heterocycles. The number of unbranched alkanes of at least 4 members (excludes halogenated alkanes) is 3. The van der Waals surface area contributed by atoms with Gasteiger partial charge in [0.1, 0.15) is 0 Å². The van der Waals surface area contributed by atoms with Crippen LogP contribution in [0.1, 0.15) is 39.5 Å². The van der Waals surface area contributed by atoms with Gasteiger partial charge in [0.15, 0.2) is 0 Å². The number of carbonyl (C=O) groups is 2. The van der Waals surface area contributed by atoms with E-state index in [1.807, 2.05) is 17.7 Å². The number of primary amides is 1. The average molecular weight is 289 g/mol. The van der Waals surface area contributed by atoms with Gasteiger partial charge < -0.3 is 16.4 Å². The van der Waals surface area contributed by atoms with Crippen molar-refractivity contribution in [2.45, 2.75) is 39.5 Å². The molecule has 0 radical (unpaired) electrons. The van der Waals surface area contributed by atoms with Gasteiger partial charge in [-0.15, -0.1) is 11.8 Å². The molecule has 0 aromatic rings. The summed E-state index contributed by atoms with van der Waals surface area (Å²) >= 11 is 1.63. The molecule has 0 heterocycles. The van der Waals surface area contributed by atoms with Crippen molar-refractivity contribution in [3.63, 3.8) is 0 Å². The lowest BCUT2D eigenvalue weighted by molar-refractivity contribution is -0.115. The maximum Gasteiger partial charge on any atom is 0.315 e. The number of hydrogen-bond donors (Lipinski definition) is 3. The summed E-state index contributed by atoms with van der Waals surface area (Å²) in [5.74, 6) is -0.333. The molecular formula is C13H27N3O2S. The smallest absolute Gasteiger partial charge is 0.315 e. The topological polar surface area (TPSA) is 84.2 Å². The van der Waals surface area contributed by atoms with Crippen molar-refractivity contribution in [3.05, 3.63) is 11.5 Å². The van der Waals surface area contributed by atoms with Gasteiger partial charge in [-0.05, 0) is 18.1 Å². The van der Waals surface area contributed by atoms with Crippen LogP contribution in [0.3, 0.4) is 0 Å². The van der Waals surface area contributed by atoms with Gasteiger partial charge in [-0.1, -0.05) is 32.3 Å². The summed E-state index contributed by atoms with van der Waals surface area (Å²) in [5, 5.41) is 7.55. The Balaban J connectivity index is 0. The summed E-state index contributed by atoms with van der Waals surface area (Å²) in [5.41, 5.74) is 4.47. The lowest BCUT2D eigenvalue weighted by Gasteiger charge is -2.05. The van der Waals surface area contributed by atoms with Gasteiger partial charge in [0, 0.05) is 20.0 Å². The number of nitrogens with one attached hydrogen (secondary N) is 2. The molecule has 0 saturated heterocycles. The summed E-state index contributed by atoms with van der Waals surface area (Å²) in [6, 6.07) is -0.0720. The van der Waals surface area contributed by atoms with Crippen LogP contribution in [0, 0.1) is 0 Å². The van der Waals surface area contributed by atoms with Crippen molar-refractivity contribution in [1.29, 1.82) is 0 Å². The Bertz CT molecular complexity index is 254. The highest BCUT2D eigenvalue weighted by Crippen LogP contribution is 1.96. The Morgan fingerprint density at radius 3 is 2.37 bits per heavy atom. The third-order valence-electron chi connectivity index (χ3n) is 1.93. The zero-order valence-corrected chi connectivity index (χ0v) is 13.0. The fourth-order valence-corrected chi connectivity index (χ4v) is 1.40. The number of hydrogen-bond acceptors (Lipinski definition) is 3. The second-order valence-corrected chi connectivity index (χ2v) is 4.66. The molecule has 3 amide bonds. The Hall–Kier alpha value is -1.17. The molecule has 0 fully saturated rings. The number of thioether (sulfide) groups is 1. The van der Waals surface area contributed by atoms with E-state index in [1.165, 1.54) is 26.2 Å². The van der Waals surface area contributed by atoms with E-state index in [2.05, 4.69) is 23.3 Å². The molecule has 0 aromatic carbocycles. The normalized spacial score (nSPS) is 9.63. The fourth-order valence-electron chi connectivity index (χ4n) is 1.11. The lowest BCUT2D eigenvalue weighted by atomic mass is 10.2. The molecule has 0 unspecified atom stereocenters. The molecule has 0 spiro atoms. The first-order valence-electron chi connectivity index (χ1n) is 6.50. The van der Waals surface area contributed by atoms with Gasteiger partial charge in [-0.2, -0.15) is 0 Å². The SMILES string of the molecule is CC(N)=O.CCCCCCNC(=O)NC/C=C/SC. The van der Waals surface area contributed by atoms with Gasteiger partial charge in [0.2, 0.25) is 5.91 Å². The maximum absolute atomic E-state index is 11.2. The highest BCUT2D eigenvalue weighted by atomic mass is 32.2. The molecule has 6 heteroatoms. The van der Waals surface area contributed by atoms with Crippen LogP contribution in [0.5, 0.6) is 0 Å². The number of urea groups is 1. The fraction of sp³-hybridized carbons (Fsp3) is 0.692. The first kappa shape index (κ1) is 20.2. The first-order valence-corrected chi connectivity index (χ1v) is 7.78. The number of amides is 3. The molecule has 0 atom stereocenters. The molecule has 5 nitrogen and oxygen atoms in total. The van der Waals surface area contributed by atoms with Crippen LogP contribution >= 0.6 is 11.8 Å². The zero-order valence-electron chi connectivity index (χ0n) is 12.2. The summed E-state index contributed by atoms with van der Waals surface area (Å²) in [6.07, 6.45) is 8.67. The van der Waals surface area contributed by atoms with Crippen LogP contribution in [0.25, 0.3) is 0 Å². The molecule has 0 rings (SSSR count). The highest BCUT2D eigenvalue weighted by molar-refractivity contribution is 8.01. The molecule has 112 valence electrons. The van der Waals surface area contributed by atoms with Crippen LogP contribution in [0.15, 0.2) is 11.5 Å². The van der Waals surface area contributed by atoms with E-state index < -0.39 is 0 Å². The Kier molecular flexibility index (Phi) is 17.9. The van der Waals surface area contributed by atoms with Crippen LogP contribution < -0.4 is 16.4 Å². The molecule has 0 aromatic heterocycles. The van der Waals surface area contributed by atoms with Gasteiger partial charge in [-0.25, -0.2) is 4.79 Å². The van der Waals surface area contributed by atoms with Crippen LogP contribution in [-0.2, 0) is 4.79 Å². The second-order valence-electron chi connectivity index (χ2n) is 3.92. The van der Waals surface area contributed by atoms with Gasteiger partial charge >= 0.3 is 6.03 Å². The minimum Gasteiger partial charge on any atom is -0.370 e. The van der Waals surface area contributed by atoms with Crippen molar-refractivity contribution in [3.8, 4) is 0 Å². The monoisotopic (exact) mass is 289 g/mol. The quantitative estimate of drug-likeness (QED) is 0.599. The standard InChI is InChI=1S/C11H22N2OS.C2H5NO/c1-3-4-5-6-8-12-11(14)13-9-7-10-15-2;1-2(3)4/h7,10H,3-6,8-9H2,1-2H3,(H2,12,13,14);1H3,(H2,3,4)/b10-7+;. The number of rotatable bonds is 8. The second kappa shape index (κ2) is 16.8. The zero-order chi connectivity index (χ0) is 14.9. The summed E-state index contributed by atoms with van der Waals surface area (Å²) in [6.45, 7) is 4.86. The molecule has 0 bridgehead atoms. The first-order chi connectivity index (χ1) is 9.04. The molecule has 19 heavy (non-hydrogen) atoms. The van der Waals surface area contributed by atoms with Crippen LogP contribution in [0.4, 0.5) is 4.79 Å². The number of carbonyl (C=O) groups excluding carboxylic acids is 2. The van der Waals surface area contributed by atoms with Crippen molar-refractivity contribution in [1.82, 2.24) is 10.6 Å². The number of nitrogens with two attached hydrogens (primary N) is 1. The average Bonchev–Trinajstić information content (AvgIpc) is 2.34. The van der Waals surface area contributed by atoms with E-state index in [0.717, 1.165) is 13.0 Å². The molecule has 4 N–H and O–H groups in total. The van der Waals surface area contributed by atoms with E-state index in [0.29, 0.717) is 6.54 Å². The van der Waals surface area contributed by atoms with Crippen LogP contribution in [-0.4, -0.2) is 31.3 Å².